The highest BCUT2D eigenvalue weighted by Crippen LogP contribution is 2.30. The van der Waals surface area contributed by atoms with Gasteiger partial charge in [0, 0.05) is 5.54 Å². The minimum atomic E-state index is 0.0354. The SMILES string of the molecule is Cc1cc(C)c(OCCC2(N)CCCC2)cc1C. The van der Waals surface area contributed by atoms with Crippen LogP contribution in [0.4, 0.5) is 0 Å². The van der Waals surface area contributed by atoms with Crippen LogP contribution in [0, 0.1) is 20.8 Å². The van der Waals surface area contributed by atoms with Crippen LogP contribution in [0.25, 0.3) is 0 Å². The monoisotopic (exact) mass is 247 g/mol. The van der Waals surface area contributed by atoms with E-state index in [9.17, 15) is 0 Å². The van der Waals surface area contributed by atoms with Crippen molar-refractivity contribution < 1.29 is 4.74 Å². The number of nitrogens with two attached hydrogens (primary N) is 1. The van der Waals surface area contributed by atoms with Crippen molar-refractivity contribution in [2.75, 3.05) is 6.61 Å². The van der Waals surface area contributed by atoms with E-state index in [4.69, 9.17) is 10.5 Å². The van der Waals surface area contributed by atoms with Crippen molar-refractivity contribution in [2.24, 2.45) is 5.73 Å². The molecule has 1 fully saturated rings. The number of ether oxygens (including phenoxy) is 1. The summed E-state index contributed by atoms with van der Waals surface area (Å²) in [5.74, 6) is 1.01. The Bertz CT molecular complexity index is 419. The van der Waals surface area contributed by atoms with E-state index in [1.807, 2.05) is 0 Å². The summed E-state index contributed by atoms with van der Waals surface area (Å²) in [5.41, 5.74) is 10.2. The highest BCUT2D eigenvalue weighted by molar-refractivity contribution is 5.40. The first-order valence-corrected chi connectivity index (χ1v) is 7.00. The van der Waals surface area contributed by atoms with E-state index in [1.165, 1.54) is 29.5 Å². The van der Waals surface area contributed by atoms with Crippen molar-refractivity contribution in [1.82, 2.24) is 0 Å². The maximum Gasteiger partial charge on any atom is 0.122 e. The molecule has 0 unspecified atom stereocenters. The Morgan fingerprint density at radius 1 is 1.06 bits per heavy atom. The van der Waals surface area contributed by atoms with E-state index < -0.39 is 0 Å². The second-order valence-corrected chi connectivity index (χ2v) is 5.87. The molecule has 0 heterocycles. The molecule has 0 radical (unpaired) electrons. The molecule has 0 bridgehead atoms. The smallest absolute Gasteiger partial charge is 0.122 e. The fourth-order valence-corrected chi connectivity index (χ4v) is 2.78. The lowest BCUT2D eigenvalue weighted by Crippen LogP contribution is -2.37. The average Bonchev–Trinajstić information content (AvgIpc) is 2.73. The first kappa shape index (κ1) is 13.4. The van der Waals surface area contributed by atoms with Crippen LogP contribution in [0.1, 0.15) is 48.8 Å². The fourth-order valence-electron chi connectivity index (χ4n) is 2.78. The van der Waals surface area contributed by atoms with Crippen LogP contribution in [-0.4, -0.2) is 12.1 Å². The maximum absolute atomic E-state index is 6.34. The lowest BCUT2D eigenvalue weighted by Gasteiger charge is -2.23. The molecule has 0 spiro atoms. The summed E-state index contributed by atoms with van der Waals surface area (Å²) in [4.78, 5) is 0. The van der Waals surface area contributed by atoms with Gasteiger partial charge in [0.2, 0.25) is 0 Å². The minimum Gasteiger partial charge on any atom is -0.493 e. The van der Waals surface area contributed by atoms with Crippen LogP contribution >= 0.6 is 0 Å². The van der Waals surface area contributed by atoms with E-state index in [1.54, 1.807) is 0 Å². The van der Waals surface area contributed by atoms with Gasteiger partial charge in [0.25, 0.3) is 0 Å². The molecular formula is C16H25NO. The second-order valence-electron chi connectivity index (χ2n) is 5.87. The molecule has 1 aromatic rings. The summed E-state index contributed by atoms with van der Waals surface area (Å²) in [7, 11) is 0. The first-order chi connectivity index (χ1) is 8.50. The van der Waals surface area contributed by atoms with Gasteiger partial charge < -0.3 is 10.5 Å². The van der Waals surface area contributed by atoms with E-state index in [0.717, 1.165) is 31.6 Å². The maximum atomic E-state index is 6.34. The Hall–Kier alpha value is -1.02. The highest BCUT2D eigenvalue weighted by Gasteiger charge is 2.28. The number of rotatable bonds is 4. The van der Waals surface area contributed by atoms with Crippen molar-refractivity contribution in [3.05, 3.63) is 28.8 Å². The number of hydrogen-bond donors (Lipinski definition) is 1. The lowest BCUT2D eigenvalue weighted by atomic mass is 9.95. The summed E-state index contributed by atoms with van der Waals surface area (Å²) in [6, 6.07) is 4.33. The van der Waals surface area contributed by atoms with Crippen LogP contribution in [0.5, 0.6) is 5.75 Å². The molecule has 2 nitrogen and oxygen atoms in total. The standard InChI is InChI=1S/C16H25NO/c1-12-10-14(3)15(11-13(12)2)18-9-8-16(17)6-4-5-7-16/h10-11H,4-9,17H2,1-3H3. The normalized spacial score (nSPS) is 18.0. The van der Waals surface area contributed by atoms with Gasteiger partial charge >= 0.3 is 0 Å². The minimum absolute atomic E-state index is 0.0354. The third-order valence-electron chi connectivity index (χ3n) is 4.25. The highest BCUT2D eigenvalue weighted by atomic mass is 16.5. The molecule has 1 aliphatic carbocycles. The summed E-state index contributed by atoms with van der Waals surface area (Å²) in [6.45, 7) is 7.11. The van der Waals surface area contributed by atoms with Gasteiger partial charge in [-0.15, -0.1) is 0 Å². The van der Waals surface area contributed by atoms with Crippen LogP contribution in [0.15, 0.2) is 12.1 Å². The zero-order valence-electron chi connectivity index (χ0n) is 11.9. The van der Waals surface area contributed by atoms with Gasteiger partial charge in [-0.1, -0.05) is 18.9 Å². The van der Waals surface area contributed by atoms with Crippen LogP contribution in [-0.2, 0) is 0 Å². The zero-order valence-corrected chi connectivity index (χ0v) is 11.9. The Morgan fingerprint density at radius 3 is 2.33 bits per heavy atom. The Morgan fingerprint density at radius 2 is 1.67 bits per heavy atom. The molecule has 1 saturated carbocycles. The molecule has 0 aromatic heterocycles. The van der Waals surface area contributed by atoms with Crippen molar-refractivity contribution >= 4 is 0 Å². The van der Waals surface area contributed by atoms with E-state index in [-0.39, 0.29) is 5.54 Å². The Balaban J connectivity index is 1.92. The quantitative estimate of drug-likeness (QED) is 0.881. The van der Waals surface area contributed by atoms with Gasteiger partial charge in [0.15, 0.2) is 0 Å². The van der Waals surface area contributed by atoms with Crippen LogP contribution in [0.3, 0.4) is 0 Å². The van der Waals surface area contributed by atoms with Crippen molar-refractivity contribution in [1.29, 1.82) is 0 Å². The molecule has 0 aliphatic heterocycles. The molecule has 2 N–H and O–H groups in total. The third kappa shape index (κ3) is 3.05. The fraction of sp³-hybridized carbons (Fsp3) is 0.625. The number of benzene rings is 1. The molecule has 2 rings (SSSR count). The summed E-state index contributed by atoms with van der Waals surface area (Å²) < 4.78 is 5.92. The Kier molecular flexibility index (Phi) is 3.96. The average molecular weight is 247 g/mol. The number of aryl methyl sites for hydroxylation is 3. The van der Waals surface area contributed by atoms with Gasteiger partial charge in [0.05, 0.1) is 6.61 Å². The van der Waals surface area contributed by atoms with E-state index >= 15 is 0 Å². The third-order valence-corrected chi connectivity index (χ3v) is 4.25. The largest absolute Gasteiger partial charge is 0.493 e. The van der Waals surface area contributed by atoms with E-state index in [0.29, 0.717) is 0 Å². The molecule has 0 amide bonds. The first-order valence-electron chi connectivity index (χ1n) is 7.00. The van der Waals surface area contributed by atoms with Crippen LogP contribution < -0.4 is 10.5 Å². The summed E-state index contributed by atoms with van der Waals surface area (Å²) in [5, 5.41) is 0. The van der Waals surface area contributed by atoms with Gasteiger partial charge in [0.1, 0.15) is 5.75 Å². The van der Waals surface area contributed by atoms with Crippen molar-refractivity contribution in [3.63, 3.8) is 0 Å². The Labute approximate surface area is 111 Å². The molecule has 0 saturated heterocycles. The molecular weight excluding hydrogens is 222 g/mol. The molecule has 18 heavy (non-hydrogen) atoms. The molecule has 1 aliphatic rings. The van der Waals surface area contributed by atoms with Gasteiger partial charge in [-0.25, -0.2) is 0 Å². The summed E-state index contributed by atoms with van der Waals surface area (Å²) in [6.07, 6.45) is 5.84. The number of hydrogen-bond acceptors (Lipinski definition) is 2. The van der Waals surface area contributed by atoms with E-state index in [2.05, 4.69) is 32.9 Å². The molecule has 0 atom stereocenters. The lowest BCUT2D eigenvalue weighted by molar-refractivity contribution is 0.257. The summed E-state index contributed by atoms with van der Waals surface area (Å²) >= 11 is 0. The van der Waals surface area contributed by atoms with Gasteiger partial charge in [-0.05, 0) is 62.8 Å². The second kappa shape index (κ2) is 5.31. The van der Waals surface area contributed by atoms with Crippen LogP contribution in [0.2, 0.25) is 0 Å². The topological polar surface area (TPSA) is 35.2 Å². The predicted molar refractivity (Wildman–Crippen MR) is 76.2 cm³/mol. The van der Waals surface area contributed by atoms with Crippen molar-refractivity contribution in [3.8, 4) is 5.75 Å². The van der Waals surface area contributed by atoms with Gasteiger partial charge in [-0.3, -0.25) is 0 Å². The molecule has 100 valence electrons. The zero-order chi connectivity index (χ0) is 13.2. The van der Waals surface area contributed by atoms with Crippen molar-refractivity contribution in [2.45, 2.75) is 58.4 Å². The van der Waals surface area contributed by atoms with Gasteiger partial charge in [-0.2, -0.15) is 0 Å². The predicted octanol–water partition coefficient (Wildman–Crippen LogP) is 3.65. The molecule has 2 heteroatoms. The molecule has 1 aromatic carbocycles.